The topological polar surface area (TPSA) is 52.6 Å². The summed E-state index contributed by atoms with van der Waals surface area (Å²) in [6.07, 6.45) is 7.88. The summed E-state index contributed by atoms with van der Waals surface area (Å²) in [6, 6.07) is 0. The molecule has 5 atom stereocenters. The molecule has 136 valence electrons. The highest BCUT2D eigenvalue weighted by atomic mass is 16.6. The largest absolute Gasteiger partial charge is 0.461 e. The smallest absolute Gasteiger partial charge is 0.324 e. The maximum Gasteiger partial charge on any atom is 0.324 e. The van der Waals surface area contributed by atoms with Crippen LogP contribution in [0, 0.1) is 46.8 Å². The van der Waals surface area contributed by atoms with Gasteiger partial charge in [0.05, 0.1) is 0 Å². The third-order valence-electron chi connectivity index (χ3n) is 9.43. The molecular formula is C21H28O4. The van der Waals surface area contributed by atoms with Crippen LogP contribution in [0.1, 0.15) is 58.8 Å². The lowest BCUT2D eigenvalue weighted by atomic mass is 9.50. The molecule has 4 nitrogen and oxygen atoms in total. The van der Waals surface area contributed by atoms with Crippen molar-refractivity contribution < 1.29 is 19.1 Å². The lowest BCUT2D eigenvalue weighted by molar-refractivity contribution is -0.229. The van der Waals surface area contributed by atoms with Crippen molar-refractivity contribution in [3.8, 4) is 0 Å². The molecule has 0 spiro atoms. The SMILES string of the molecule is CC1C2OC(=O)C3(C(=O)OC4(C)C5CC6CC(C5)CC4C6)CC2CC13. The molecule has 0 aromatic carbocycles. The van der Waals surface area contributed by atoms with Crippen molar-refractivity contribution in [1.82, 2.24) is 0 Å². The van der Waals surface area contributed by atoms with Crippen molar-refractivity contribution in [3.63, 3.8) is 0 Å². The van der Waals surface area contributed by atoms with Crippen LogP contribution in [0.2, 0.25) is 0 Å². The van der Waals surface area contributed by atoms with E-state index in [0.29, 0.717) is 30.1 Å². The first kappa shape index (κ1) is 15.0. The van der Waals surface area contributed by atoms with Crippen molar-refractivity contribution in [3.05, 3.63) is 0 Å². The van der Waals surface area contributed by atoms with Crippen LogP contribution in [0.5, 0.6) is 0 Å². The molecule has 0 aromatic heterocycles. The van der Waals surface area contributed by atoms with Gasteiger partial charge < -0.3 is 9.47 Å². The highest BCUT2D eigenvalue weighted by Crippen LogP contribution is 2.65. The van der Waals surface area contributed by atoms with Crippen LogP contribution in [-0.2, 0) is 19.1 Å². The van der Waals surface area contributed by atoms with Gasteiger partial charge in [-0.1, -0.05) is 6.92 Å². The first-order valence-electron chi connectivity index (χ1n) is 10.4. The molecule has 2 heterocycles. The highest BCUT2D eigenvalue weighted by molar-refractivity contribution is 6.02. The molecule has 0 N–H and O–H groups in total. The second-order valence-corrected chi connectivity index (χ2v) is 10.4. The van der Waals surface area contributed by atoms with Gasteiger partial charge in [0.2, 0.25) is 0 Å². The molecule has 6 aliphatic carbocycles. The Labute approximate surface area is 149 Å². The molecule has 8 bridgehead atoms. The summed E-state index contributed by atoms with van der Waals surface area (Å²) in [5, 5.41) is 0. The normalized spacial score (nSPS) is 60.2. The van der Waals surface area contributed by atoms with E-state index in [4.69, 9.17) is 9.47 Å². The van der Waals surface area contributed by atoms with Gasteiger partial charge in [-0.15, -0.1) is 0 Å². The number of fused-ring (bicyclic) bond motifs is 1. The Morgan fingerprint density at radius 2 is 1.72 bits per heavy atom. The number of esters is 2. The third-order valence-corrected chi connectivity index (χ3v) is 9.43. The van der Waals surface area contributed by atoms with Gasteiger partial charge in [-0.2, -0.15) is 0 Å². The molecule has 8 fully saturated rings. The standard InChI is InChI=1S/C21H28O4/c1-10-16-8-13-9-21(16,18(22)24-17(10)13)19(23)25-20(2)14-4-11-3-12(6-14)7-15(20)5-11/h10-17H,3-9H2,1-2H3. The van der Waals surface area contributed by atoms with Gasteiger partial charge in [-0.05, 0) is 93.3 Å². The van der Waals surface area contributed by atoms with Gasteiger partial charge >= 0.3 is 11.9 Å². The summed E-state index contributed by atoms with van der Waals surface area (Å²) < 4.78 is 12.0. The second kappa shape index (κ2) is 4.43. The number of rotatable bonds is 2. The molecule has 0 radical (unpaired) electrons. The number of ether oxygens (including phenoxy) is 2. The van der Waals surface area contributed by atoms with Gasteiger partial charge in [0.1, 0.15) is 11.7 Å². The van der Waals surface area contributed by atoms with Crippen LogP contribution in [0.15, 0.2) is 0 Å². The predicted octanol–water partition coefficient (Wildman–Crippen LogP) is 3.33. The summed E-state index contributed by atoms with van der Waals surface area (Å²) in [5.41, 5.74) is -1.35. The van der Waals surface area contributed by atoms with Crippen LogP contribution in [0.4, 0.5) is 0 Å². The van der Waals surface area contributed by atoms with E-state index in [-0.39, 0.29) is 29.6 Å². The van der Waals surface area contributed by atoms with Crippen molar-refractivity contribution in [2.24, 2.45) is 46.8 Å². The number of carbonyl (C=O) groups excluding carboxylic acids is 2. The third kappa shape index (κ3) is 1.61. The fourth-order valence-corrected chi connectivity index (χ4v) is 8.31. The first-order chi connectivity index (χ1) is 11.9. The van der Waals surface area contributed by atoms with Gasteiger partial charge in [0, 0.05) is 0 Å². The molecule has 2 aliphatic heterocycles. The van der Waals surface area contributed by atoms with Crippen molar-refractivity contribution in [1.29, 1.82) is 0 Å². The number of hydrogen-bond donors (Lipinski definition) is 0. The van der Waals surface area contributed by atoms with E-state index in [1.807, 2.05) is 0 Å². The quantitative estimate of drug-likeness (QED) is 0.569. The van der Waals surface area contributed by atoms with E-state index >= 15 is 0 Å². The molecule has 0 amide bonds. The zero-order valence-corrected chi connectivity index (χ0v) is 15.2. The molecular weight excluding hydrogens is 316 g/mol. The lowest BCUT2D eigenvalue weighted by Crippen LogP contribution is -2.62. The molecule has 0 aromatic rings. The second-order valence-electron chi connectivity index (χ2n) is 10.4. The highest BCUT2D eigenvalue weighted by Gasteiger charge is 2.73. The fraction of sp³-hybridized carbons (Fsp3) is 0.905. The van der Waals surface area contributed by atoms with Crippen LogP contribution in [-0.4, -0.2) is 23.6 Å². The molecule has 5 unspecified atom stereocenters. The van der Waals surface area contributed by atoms with Crippen LogP contribution in [0.3, 0.4) is 0 Å². The van der Waals surface area contributed by atoms with Crippen LogP contribution >= 0.6 is 0 Å². The monoisotopic (exact) mass is 344 g/mol. The van der Waals surface area contributed by atoms with Gasteiger partial charge in [-0.25, -0.2) is 0 Å². The average molecular weight is 344 g/mol. The van der Waals surface area contributed by atoms with Crippen LogP contribution in [0.25, 0.3) is 0 Å². The van der Waals surface area contributed by atoms with E-state index in [9.17, 15) is 9.59 Å². The maximum atomic E-state index is 13.4. The van der Waals surface area contributed by atoms with Crippen molar-refractivity contribution in [2.75, 3.05) is 0 Å². The van der Waals surface area contributed by atoms with Crippen molar-refractivity contribution in [2.45, 2.75) is 70.5 Å². The molecule has 8 aliphatic rings. The Bertz CT molecular complexity index is 639. The van der Waals surface area contributed by atoms with E-state index in [2.05, 4.69) is 13.8 Å². The van der Waals surface area contributed by atoms with E-state index in [1.165, 1.54) is 32.1 Å². The minimum Gasteiger partial charge on any atom is -0.461 e. The Hall–Kier alpha value is -1.06. The molecule has 25 heavy (non-hydrogen) atoms. The Morgan fingerprint density at radius 3 is 2.32 bits per heavy atom. The zero-order chi connectivity index (χ0) is 17.1. The minimum atomic E-state index is -0.990. The minimum absolute atomic E-state index is 0.0453. The molecule has 8 rings (SSSR count). The summed E-state index contributed by atoms with van der Waals surface area (Å²) in [6.45, 7) is 4.32. The molecule has 4 heteroatoms. The Morgan fingerprint density at radius 1 is 1.08 bits per heavy atom. The summed E-state index contributed by atoms with van der Waals surface area (Å²) >= 11 is 0. The van der Waals surface area contributed by atoms with Crippen LogP contribution < -0.4 is 0 Å². The Kier molecular flexibility index (Phi) is 2.66. The zero-order valence-electron chi connectivity index (χ0n) is 15.2. The predicted molar refractivity (Wildman–Crippen MR) is 89.2 cm³/mol. The maximum absolute atomic E-state index is 13.4. The summed E-state index contributed by atoms with van der Waals surface area (Å²) in [5.74, 6) is 2.95. The Balaban J connectivity index is 1.32. The first-order valence-corrected chi connectivity index (χ1v) is 10.4. The van der Waals surface area contributed by atoms with Gasteiger partial charge in [-0.3, -0.25) is 9.59 Å². The van der Waals surface area contributed by atoms with E-state index < -0.39 is 5.41 Å². The lowest BCUT2D eigenvalue weighted by Gasteiger charge is -2.59. The van der Waals surface area contributed by atoms with E-state index in [0.717, 1.165) is 18.3 Å². The summed E-state index contributed by atoms with van der Waals surface area (Å²) in [4.78, 5) is 26.2. The van der Waals surface area contributed by atoms with E-state index in [1.54, 1.807) is 0 Å². The molecule has 6 saturated carbocycles. The molecule has 2 saturated heterocycles. The van der Waals surface area contributed by atoms with Crippen molar-refractivity contribution >= 4 is 11.9 Å². The average Bonchev–Trinajstić information content (AvgIpc) is 3.06. The number of hydrogen-bond acceptors (Lipinski definition) is 4. The van der Waals surface area contributed by atoms with Gasteiger partial charge in [0.15, 0.2) is 5.41 Å². The number of carbonyl (C=O) groups is 2. The summed E-state index contributed by atoms with van der Waals surface area (Å²) in [7, 11) is 0. The van der Waals surface area contributed by atoms with Gasteiger partial charge in [0.25, 0.3) is 0 Å². The fourth-order valence-electron chi connectivity index (χ4n) is 8.31.